The summed E-state index contributed by atoms with van der Waals surface area (Å²) in [5.41, 5.74) is 1.44. The van der Waals surface area contributed by atoms with E-state index < -0.39 is 0 Å². The zero-order chi connectivity index (χ0) is 12.3. The number of rotatable bonds is 7. The predicted molar refractivity (Wildman–Crippen MR) is 73.8 cm³/mol. The molecule has 1 aliphatic carbocycles. The molecule has 1 saturated carbocycles. The summed E-state index contributed by atoms with van der Waals surface area (Å²) in [6.45, 7) is 9.36. The maximum Gasteiger partial charge on any atom is 0.0591 e. The maximum atomic E-state index is 5.62. The molecule has 3 heteroatoms. The minimum absolute atomic E-state index is 0.435. The Kier molecular flexibility index (Phi) is 4.60. The van der Waals surface area contributed by atoms with Crippen molar-refractivity contribution in [3.05, 3.63) is 21.4 Å². The third kappa shape index (κ3) is 4.09. The summed E-state index contributed by atoms with van der Waals surface area (Å²) in [5, 5.41) is 3.53. The Morgan fingerprint density at radius 1 is 1.47 bits per heavy atom. The Morgan fingerprint density at radius 2 is 2.24 bits per heavy atom. The number of thiophene rings is 1. The van der Waals surface area contributed by atoms with E-state index in [2.05, 4.69) is 32.2 Å². The SMILES string of the molecule is Cc1cc(C(C)NCCOCC2CC2)c(C)s1. The van der Waals surface area contributed by atoms with Crippen LogP contribution >= 0.6 is 11.3 Å². The van der Waals surface area contributed by atoms with Gasteiger partial charge in [0.2, 0.25) is 0 Å². The number of hydrogen-bond acceptors (Lipinski definition) is 3. The molecule has 1 aromatic heterocycles. The highest BCUT2D eigenvalue weighted by Crippen LogP contribution is 2.28. The fourth-order valence-electron chi connectivity index (χ4n) is 2.07. The molecule has 2 nitrogen and oxygen atoms in total. The Balaban J connectivity index is 1.65. The molecule has 1 fully saturated rings. The number of hydrogen-bond donors (Lipinski definition) is 1. The zero-order valence-electron chi connectivity index (χ0n) is 11.1. The molecule has 0 spiro atoms. The molecule has 1 aromatic rings. The van der Waals surface area contributed by atoms with Crippen molar-refractivity contribution in [2.24, 2.45) is 5.92 Å². The molecule has 0 bridgehead atoms. The Labute approximate surface area is 108 Å². The van der Waals surface area contributed by atoms with Crippen molar-refractivity contribution < 1.29 is 4.74 Å². The van der Waals surface area contributed by atoms with E-state index in [9.17, 15) is 0 Å². The van der Waals surface area contributed by atoms with Crippen molar-refractivity contribution in [1.82, 2.24) is 5.32 Å². The molecular formula is C14H23NOS. The first kappa shape index (κ1) is 13.1. The van der Waals surface area contributed by atoms with E-state index >= 15 is 0 Å². The number of nitrogens with one attached hydrogen (secondary N) is 1. The summed E-state index contributed by atoms with van der Waals surface area (Å²) in [6, 6.07) is 2.73. The summed E-state index contributed by atoms with van der Waals surface area (Å²) in [6.07, 6.45) is 2.74. The topological polar surface area (TPSA) is 21.3 Å². The molecule has 0 saturated heterocycles. The van der Waals surface area contributed by atoms with Gasteiger partial charge in [-0.2, -0.15) is 0 Å². The van der Waals surface area contributed by atoms with Crippen LogP contribution in [0.5, 0.6) is 0 Å². The lowest BCUT2D eigenvalue weighted by Gasteiger charge is -2.13. The van der Waals surface area contributed by atoms with E-state index in [0.717, 1.165) is 25.7 Å². The molecule has 0 aliphatic heterocycles. The fraction of sp³-hybridized carbons (Fsp3) is 0.714. The van der Waals surface area contributed by atoms with Gasteiger partial charge in [-0.05, 0) is 51.2 Å². The molecule has 17 heavy (non-hydrogen) atoms. The molecule has 1 heterocycles. The van der Waals surface area contributed by atoms with Crippen LogP contribution in [0.15, 0.2) is 6.07 Å². The molecule has 96 valence electrons. The molecule has 1 aliphatic rings. The maximum absolute atomic E-state index is 5.62. The molecular weight excluding hydrogens is 230 g/mol. The molecule has 0 radical (unpaired) electrons. The van der Waals surface area contributed by atoms with Gasteiger partial charge in [0, 0.05) is 28.9 Å². The van der Waals surface area contributed by atoms with Gasteiger partial charge in [0.05, 0.1) is 6.61 Å². The van der Waals surface area contributed by atoms with Crippen molar-refractivity contribution in [2.75, 3.05) is 19.8 Å². The van der Waals surface area contributed by atoms with E-state index in [1.54, 1.807) is 0 Å². The molecule has 2 rings (SSSR count). The van der Waals surface area contributed by atoms with Crippen LogP contribution in [0.3, 0.4) is 0 Å². The third-order valence-corrected chi connectivity index (χ3v) is 4.27. The lowest BCUT2D eigenvalue weighted by molar-refractivity contribution is 0.124. The van der Waals surface area contributed by atoms with Crippen LogP contribution in [0.1, 0.15) is 41.1 Å². The van der Waals surface area contributed by atoms with Gasteiger partial charge in [0.15, 0.2) is 0 Å². The highest BCUT2D eigenvalue weighted by molar-refractivity contribution is 7.12. The summed E-state index contributed by atoms with van der Waals surface area (Å²) >= 11 is 1.88. The third-order valence-electron chi connectivity index (χ3n) is 3.29. The molecule has 1 unspecified atom stereocenters. The quantitative estimate of drug-likeness (QED) is 0.752. The molecule has 0 amide bonds. The van der Waals surface area contributed by atoms with Crippen LogP contribution < -0.4 is 5.32 Å². The average molecular weight is 253 g/mol. The standard InChI is InChI=1S/C14H23NOS/c1-10-8-14(12(3)17-10)11(2)15-6-7-16-9-13-4-5-13/h8,11,13,15H,4-7,9H2,1-3H3. The summed E-state index contributed by atoms with van der Waals surface area (Å²) in [4.78, 5) is 2.83. The number of aryl methyl sites for hydroxylation is 2. The first-order valence-corrected chi connectivity index (χ1v) is 7.36. The number of ether oxygens (including phenoxy) is 1. The molecule has 1 N–H and O–H groups in total. The van der Waals surface area contributed by atoms with Gasteiger partial charge in [0.25, 0.3) is 0 Å². The van der Waals surface area contributed by atoms with E-state index in [1.807, 2.05) is 11.3 Å². The smallest absolute Gasteiger partial charge is 0.0591 e. The van der Waals surface area contributed by atoms with Crippen molar-refractivity contribution in [2.45, 2.75) is 39.7 Å². The van der Waals surface area contributed by atoms with E-state index in [0.29, 0.717) is 6.04 Å². The summed E-state index contributed by atoms with van der Waals surface area (Å²) in [5.74, 6) is 0.870. The van der Waals surface area contributed by atoms with E-state index in [4.69, 9.17) is 4.74 Å². The highest BCUT2D eigenvalue weighted by Gasteiger charge is 2.20. The summed E-state index contributed by atoms with van der Waals surface area (Å²) < 4.78 is 5.62. The van der Waals surface area contributed by atoms with Crippen LogP contribution in [-0.4, -0.2) is 19.8 Å². The first-order valence-electron chi connectivity index (χ1n) is 6.55. The lowest BCUT2D eigenvalue weighted by atomic mass is 10.1. The van der Waals surface area contributed by atoms with Gasteiger partial charge in [-0.1, -0.05) is 0 Å². The van der Waals surface area contributed by atoms with Gasteiger partial charge in [-0.3, -0.25) is 0 Å². The minimum Gasteiger partial charge on any atom is -0.380 e. The predicted octanol–water partition coefficient (Wildman–Crippen LogP) is 3.44. The second kappa shape index (κ2) is 5.98. The van der Waals surface area contributed by atoms with Crippen LogP contribution in [0.25, 0.3) is 0 Å². The van der Waals surface area contributed by atoms with Gasteiger partial charge >= 0.3 is 0 Å². The van der Waals surface area contributed by atoms with Gasteiger partial charge in [-0.15, -0.1) is 11.3 Å². The average Bonchev–Trinajstić information content (AvgIpc) is 3.03. The Hall–Kier alpha value is -0.380. The normalized spacial score (nSPS) is 17.4. The van der Waals surface area contributed by atoms with Crippen molar-refractivity contribution in [3.8, 4) is 0 Å². The van der Waals surface area contributed by atoms with Crippen molar-refractivity contribution >= 4 is 11.3 Å². The van der Waals surface area contributed by atoms with Crippen LogP contribution in [0.4, 0.5) is 0 Å². The highest BCUT2D eigenvalue weighted by atomic mass is 32.1. The zero-order valence-corrected chi connectivity index (χ0v) is 11.9. The molecule has 1 atom stereocenters. The van der Waals surface area contributed by atoms with Gasteiger partial charge in [0.1, 0.15) is 0 Å². The monoisotopic (exact) mass is 253 g/mol. The van der Waals surface area contributed by atoms with Gasteiger partial charge in [-0.25, -0.2) is 0 Å². The van der Waals surface area contributed by atoms with E-state index in [-0.39, 0.29) is 0 Å². The Bertz CT molecular complexity index is 357. The van der Waals surface area contributed by atoms with Crippen LogP contribution in [0.2, 0.25) is 0 Å². The minimum atomic E-state index is 0.435. The first-order chi connectivity index (χ1) is 8.16. The fourth-order valence-corrected chi connectivity index (χ4v) is 3.09. The Morgan fingerprint density at radius 3 is 2.82 bits per heavy atom. The molecule has 0 aromatic carbocycles. The second-order valence-corrected chi connectivity index (χ2v) is 6.52. The summed E-state index contributed by atoms with van der Waals surface area (Å²) in [7, 11) is 0. The van der Waals surface area contributed by atoms with E-state index in [1.165, 1.54) is 28.2 Å². The van der Waals surface area contributed by atoms with Crippen molar-refractivity contribution in [3.63, 3.8) is 0 Å². The lowest BCUT2D eigenvalue weighted by Crippen LogP contribution is -2.23. The van der Waals surface area contributed by atoms with Crippen LogP contribution in [0, 0.1) is 19.8 Å². The van der Waals surface area contributed by atoms with Crippen molar-refractivity contribution in [1.29, 1.82) is 0 Å². The van der Waals surface area contributed by atoms with Crippen LogP contribution in [-0.2, 0) is 4.74 Å². The largest absolute Gasteiger partial charge is 0.380 e. The van der Waals surface area contributed by atoms with Gasteiger partial charge < -0.3 is 10.1 Å². The second-order valence-electron chi connectivity index (χ2n) is 5.06.